The van der Waals surface area contributed by atoms with E-state index in [0.29, 0.717) is 23.6 Å². The fourth-order valence-electron chi connectivity index (χ4n) is 2.03. The lowest BCUT2D eigenvalue weighted by Crippen LogP contribution is -2.11. The Morgan fingerprint density at radius 2 is 2.00 bits per heavy atom. The summed E-state index contributed by atoms with van der Waals surface area (Å²) in [5, 5.41) is 23.5. The van der Waals surface area contributed by atoms with E-state index in [4.69, 9.17) is 14.6 Å². The molecule has 0 saturated heterocycles. The highest BCUT2D eigenvalue weighted by Crippen LogP contribution is 2.30. The maximum Gasteiger partial charge on any atom is 0.341 e. The summed E-state index contributed by atoms with van der Waals surface area (Å²) in [5.74, 6) is -0.428. The number of nitro groups is 1. The number of anilines is 1. The monoisotopic (exact) mass is 359 g/mol. The molecular weight excluding hydrogens is 342 g/mol. The van der Waals surface area contributed by atoms with Gasteiger partial charge in [-0.05, 0) is 31.2 Å². The van der Waals surface area contributed by atoms with Crippen LogP contribution in [0.3, 0.4) is 0 Å². The number of nitrogens with one attached hydrogen (secondary N) is 1. The smallest absolute Gasteiger partial charge is 0.341 e. The van der Waals surface area contributed by atoms with Gasteiger partial charge in [0.1, 0.15) is 0 Å². The molecule has 0 aliphatic rings. The SMILES string of the molecule is CCOc1cccc(/C=N/Nc2ccc([N+](=O)[O-])cc2)c1OCC(=O)O. The van der Waals surface area contributed by atoms with Crippen molar-refractivity contribution in [2.75, 3.05) is 18.6 Å². The third-order valence-electron chi connectivity index (χ3n) is 3.12. The van der Waals surface area contributed by atoms with Crippen LogP contribution in [0.5, 0.6) is 11.5 Å². The maximum atomic E-state index is 10.8. The lowest BCUT2D eigenvalue weighted by atomic mass is 10.2. The van der Waals surface area contributed by atoms with Gasteiger partial charge in [0.2, 0.25) is 0 Å². The van der Waals surface area contributed by atoms with Crippen molar-refractivity contribution in [1.82, 2.24) is 0 Å². The van der Waals surface area contributed by atoms with Gasteiger partial charge >= 0.3 is 5.97 Å². The average molecular weight is 359 g/mol. The number of benzene rings is 2. The molecule has 0 heterocycles. The summed E-state index contributed by atoms with van der Waals surface area (Å²) >= 11 is 0. The van der Waals surface area contributed by atoms with E-state index in [1.165, 1.54) is 30.5 Å². The first-order valence-electron chi connectivity index (χ1n) is 7.65. The second kappa shape index (κ2) is 9.02. The lowest BCUT2D eigenvalue weighted by molar-refractivity contribution is -0.384. The Hall–Kier alpha value is -3.62. The van der Waals surface area contributed by atoms with E-state index >= 15 is 0 Å². The predicted octanol–water partition coefficient (Wildman–Crippen LogP) is 2.90. The van der Waals surface area contributed by atoms with Gasteiger partial charge in [0, 0.05) is 17.7 Å². The minimum atomic E-state index is -1.11. The summed E-state index contributed by atoms with van der Waals surface area (Å²) in [6.45, 7) is 1.68. The topological polar surface area (TPSA) is 123 Å². The van der Waals surface area contributed by atoms with Crippen LogP contribution >= 0.6 is 0 Å². The largest absolute Gasteiger partial charge is 0.490 e. The van der Waals surface area contributed by atoms with Crippen LogP contribution in [-0.4, -0.2) is 35.4 Å². The number of hydrogen-bond donors (Lipinski definition) is 2. The second-order valence-electron chi connectivity index (χ2n) is 4.96. The molecule has 0 unspecified atom stereocenters. The third kappa shape index (κ3) is 5.20. The van der Waals surface area contributed by atoms with Crippen molar-refractivity contribution in [1.29, 1.82) is 0 Å². The molecule has 0 fully saturated rings. The van der Waals surface area contributed by atoms with E-state index in [0.717, 1.165) is 0 Å². The fourth-order valence-corrected chi connectivity index (χ4v) is 2.03. The number of para-hydroxylation sites is 1. The van der Waals surface area contributed by atoms with Crippen molar-refractivity contribution in [2.45, 2.75) is 6.92 Å². The molecule has 2 aromatic rings. The molecule has 26 heavy (non-hydrogen) atoms. The summed E-state index contributed by atoms with van der Waals surface area (Å²) in [7, 11) is 0. The molecule has 0 aliphatic carbocycles. The zero-order chi connectivity index (χ0) is 18.9. The predicted molar refractivity (Wildman–Crippen MR) is 95.1 cm³/mol. The number of ether oxygens (including phenoxy) is 2. The minimum absolute atomic E-state index is 0.0201. The van der Waals surface area contributed by atoms with Crippen LogP contribution in [0.2, 0.25) is 0 Å². The van der Waals surface area contributed by atoms with Crippen molar-refractivity contribution in [3.63, 3.8) is 0 Å². The summed E-state index contributed by atoms with van der Waals surface area (Å²) in [5.41, 5.74) is 3.79. The molecule has 136 valence electrons. The molecular formula is C17H17N3O6. The molecule has 9 heteroatoms. The number of non-ortho nitro benzene ring substituents is 1. The number of hydrazone groups is 1. The van der Waals surface area contributed by atoms with Crippen LogP contribution in [-0.2, 0) is 4.79 Å². The summed E-state index contributed by atoms with van der Waals surface area (Å²) in [6.07, 6.45) is 1.45. The molecule has 0 spiro atoms. The van der Waals surface area contributed by atoms with Gasteiger partial charge in [-0.25, -0.2) is 4.79 Å². The van der Waals surface area contributed by atoms with Gasteiger partial charge in [-0.1, -0.05) is 6.07 Å². The van der Waals surface area contributed by atoms with Crippen LogP contribution in [0, 0.1) is 10.1 Å². The Balaban J connectivity index is 2.15. The third-order valence-corrected chi connectivity index (χ3v) is 3.12. The van der Waals surface area contributed by atoms with Crippen molar-refractivity contribution in [3.05, 3.63) is 58.1 Å². The van der Waals surface area contributed by atoms with E-state index in [-0.39, 0.29) is 11.4 Å². The molecule has 0 radical (unpaired) electrons. The van der Waals surface area contributed by atoms with Gasteiger partial charge in [-0.3, -0.25) is 15.5 Å². The van der Waals surface area contributed by atoms with E-state index in [2.05, 4.69) is 10.5 Å². The van der Waals surface area contributed by atoms with Crippen LogP contribution in [0.25, 0.3) is 0 Å². The Bertz CT molecular complexity index is 805. The van der Waals surface area contributed by atoms with E-state index < -0.39 is 17.5 Å². The highest BCUT2D eigenvalue weighted by atomic mass is 16.6. The van der Waals surface area contributed by atoms with Crippen molar-refractivity contribution >= 4 is 23.6 Å². The molecule has 9 nitrogen and oxygen atoms in total. The Morgan fingerprint density at radius 1 is 1.27 bits per heavy atom. The zero-order valence-corrected chi connectivity index (χ0v) is 13.9. The summed E-state index contributed by atoms with van der Waals surface area (Å²) < 4.78 is 10.8. The van der Waals surface area contributed by atoms with Gasteiger partial charge in [0.25, 0.3) is 5.69 Å². The zero-order valence-electron chi connectivity index (χ0n) is 13.9. The molecule has 2 aromatic carbocycles. The van der Waals surface area contributed by atoms with E-state index in [1.807, 2.05) is 0 Å². The van der Waals surface area contributed by atoms with Crippen LogP contribution in [0.1, 0.15) is 12.5 Å². The number of rotatable bonds is 9. The van der Waals surface area contributed by atoms with Crippen LogP contribution in [0.15, 0.2) is 47.6 Å². The number of carbonyl (C=O) groups is 1. The Labute approximate surface area is 149 Å². The summed E-state index contributed by atoms with van der Waals surface area (Å²) in [6, 6.07) is 10.8. The second-order valence-corrected chi connectivity index (χ2v) is 4.96. The van der Waals surface area contributed by atoms with Gasteiger partial charge in [-0.15, -0.1) is 0 Å². The first-order valence-corrected chi connectivity index (χ1v) is 7.65. The lowest BCUT2D eigenvalue weighted by Gasteiger charge is -2.12. The minimum Gasteiger partial charge on any atom is -0.490 e. The standard InChI is InChI=1S/C17H17N3O6/c1-2-25-15-5-3-4-12(17(15)26-11-16(21)22)10-18-19-13-6-8-14(9-7-13)20(23)24/h3-10,19H,2,11H2,1H3,(H,21,22)/b18-10+. The van der Waals surface area contributed by atoms with Crippen LogP contribution < -0.4 is 14.9 Å². The highest BCUT2D eigenvalue weighted by molar-refractivity contribution is 5.85. The first-order chi connectivity index (χ1) is 12.5. The van der Waals surface area contributed by atoms with Crippen molar-refractivity contribution in [3.8, 4) is 11.5 Å². The van der Waals surface area contributed by atoms with Gasteiger partial charge in [-0.2, -0.15) is 5.10 Å². The molecule has 0 aromatic heterocycles. The normalized spacial score (nSPS) is 10.5. The number of hydrogen-bond acceptors (Lipinski definition) is 7. The molecule has 0 atom stereocenters. The van der Waals surface area contributed by atoms with E-state index in [9.17, 15) is 14.9 Å². The number of nitro benzene ring substituents is 1. The molecule has 2 N–H and O–H groups in total. The van der Waals surface area contributed by atoms with Gasteiger partial charge < -0.3 is 14.6 Å². The first kappa shape index (κ1) is 18.7. The Morgan fingerprint density at radius 3 is 2.62 bits per heavy atom. The van der Waals surface area contributed by atoms with Gasteiger partial charge in [0.05, 0.1) is 23.4 Å². The van der Waals surface area contributed by atoms with Crippen molar-refractivity contribution in [2.24, 2.45) is 5.10 Å². The van der Waals surface area contributed by atoms with E-state index in [1.54, 1.807) is 25.1 Å². The fraction of sp³-hybridized carbons (Fsp3) is 0.176. The molecule has 0 saturated carbocycles. The van der Waals surface area contributed by atoms with Crippen LogP contribution in [0.4, 0.5) is 11.4 Å². The molecule has 0 aliphatic heterocycles. The number of carboxylic acids is 1. The number of carboxylic acid groups (broad SMARTS) is 1. The Kier molecular flexibility index (Phi) is 6.49. The van der Waals surface area contributed by atoms with Crippen molar-refractivity contribution < 1.29 is 24.3 Å². The molecule has 0 amide bonds. The molecule has 0 bridgehead atoms. The number of aliphatic carboxylic acids is 1. The maximum absolute atomic E-state index is 10.8. The quantitative estimate of drug-likeness (QED) is 0.401. The average Bonchev–Trinajstić information content (AvgIpc) is 2.61. The molecule has 2 rings (SSSR count). The highest BCUT2D eigenvalue weighted by Gasteiger charge is 2.11. The number of nitrogens with zero attached hydrogens (tertiary/aromatic N) is 2. The van der Waals surface area contributed by atoms with Gasteiger partial charge in [0.15, 0.2) is 18.1 Å². The summed E-state index contributed by atoms with van der Waals surface area (Å²) in [4.78, 5) is 20.9.